The van der Waals surface area contributed by atoms with Gasteiger partial charge in [-0.25, -0.2) is 8.78 Å². The standard InChI is InChI=1S/C14H19F2N3O2/c1-3-10-7-21-8(2)6-19(10)14(20)9-4-11(15)13(18-17)12(16)5-9/h4-5,8,10,18H,3,6-7,17H2,1-2H3. The number of nitrogens with one attached hydrogen (secondary N) is 1. The second-order valence-electron chi connectivity index (χ2n) is 5.12. The first-order chi connectivity index (χ1) is 9.97. The van der Waals surface area contributed by atoms with Crippen molar-refractivity contribution in [1.29, 1.82) is 0 Å². The lowest BCUT2D eigenvalue weighted by molar-refractivity contribution is -0.0444. The van der Waals surface area contributed by atoms with Gasteiger partial charge in [0.1, 0.15) is 5.69 Å². The van der Waals surface area contributed by atoms with Crippen molar-refractivity contribution in [2.75, 3.05) is 18.6 Å². The zero-order valence-corrected chi connectivity index (χ0v) is 12.0. The van der Waals surface area contributed by atoms with Crippen molar-refractivity contribution in [1.82, 2.24) is 4.90 Å². The molecule has 0 radical (unpaired) electrons. The fourth-order valence-corrected chi connectivity index (χ4v) is 2.43. The third kappa shape index (κ3) is 3.14. The van der Waals surface area contributed by atoms with E-state index in [9.17, 15) is 13.6 Å². The van der Waals surface area contributed by atoms with Gasteiger partial charge in [0.15, 0.2) is 11.6 Å². The number of hydrogen-bond acceptors (Lipinski definition) is 4. The van der Waals surface area contributed by atoms with Gasteiger partial charge in [0.05, 0.1) is 18.8 Å². The molecule has 0 spiro atoms. The Hall–Kier alpha value is -1.73. The lowest BCUT2D eigenvalue weighted by atomic mass is 10.1. The molecule has 1 fully saturated rings. The van der Waals surface area contributed by atoms with Crippen LogP contribution in [-0.4, -0.2) is 36.1 Å². The summed E-state index contributed by atoms with van der Waals surface area (Å²) in [6.07, 6.45) is 0.614. The van der Waals surface area contributed by atoms with Crippen LogP contribution in [0.1, 0.15) is 30.6 Å². The average Bonchev–Trinajstić information content (AvgIpc) is 2.46. The molecule has 2 unspecified atom stereocenters. The number of halogens is 2. The quantitative estimate of drug-likeness (QED) is 0.660. The summed E-state index contributed by atoms with van der Waals surface area (Å²) in [6.45, 7) is 4.62. The van der Waals surface area contributed by atoms with E-state index in [0.29, 0.717) is 19.6 Å². The van der Waals surface area contributed by atoms with Crippen LogP contribution in [0, 0.1) is 11.6 Å². The van der Waals surface area contributed by atoms with Crippen molar-refractivity contribution < 1.29 is 18.3 Å². The SMILES string of the molecule is CCC1COC(C)CN1C(=O)c1cc(F)c(NN)c(F)c1. The highest BCUT2D eigenvalue weighted by atomic mass is 19.1. The normalized spacial score (nSPS) is 22.2. The van der Waals surface area contributed by atoms with Crippen LogP contribution in [0.5, 0.6) is 0 Å². The second kappa shape index (κ2) is 6.36. The van der Waals surface area contributed by atoms with E-state index in [2.05, 4.69) is 0 Å². The fraction of sp³-hybridized carbons (Fsp3) is 0.500. The van der Waals surface area contributed by atoms with Crippen LogP contribution in [0.15, 0.2) is 12.1 Å². The molecule has 7 heteroatoms. The van der Waals surface area contributed by atoms with Gasteiger partial charge in [-0.2, -0.15) is 0 Å². The highest BCUT2D eigenvalue weighted by Gasteiger charge is 2.30. The van der Waals surface area contributed by atoms with E-state index in [1.54, 1.807) is 4.90 Å². The zero-order valence-electron chi connectivity index (χ0n) is 12.0. The summed E-state index contributed by atoms with van der Waals surface area (Å²) in [5.74, 6) is 2.85. The number of hydrogen-bond donors (Lipinski definition) is 2. The summed E-state index contributed by atoms with van der Waals surface area (Å²) in [5, 5.41) is 0. The van der Waals surface area contributed by atoms with Gasteiger partial charge in [0.25, 0.3) is 5.91 Å². The predicted molar refractivity (Wildman–Crippen MR) is 74.7 cm³/mol. The topological polar surface area (TPSA) is 67.6 Å². The molecule has 116 valence electrons. The minimum Gasteiger partial charge on any atom is -0.375 e. The van der Waals surface area contributed by atoms with Crippen LogP contribution in [0.2, 0.25) is 0 Å². The maximum Gasteiger partial charge on any atom is 0.254 e. The predicted octanol–water partition coefficient (Wildman–Crippen LogP) is 1.89. The molecular formula is C14H19F2N3O2. The first-order valence-corrected chi connectivity index (χ1v) is 6.86. The molecule has 1 aromatic rings. The first kappa shape index (κ1) is 15.7. The monoisotopic (exact) mass is 299 g/mol. The summed E-state index contributed by atoms with van der Waals surface area (Å²) < 4.78 is 32.9. The average molecular weight is 299 g/mol. The lowest BCUT2D eigenvalue weighted by Crippen LogP contribution is -2.51. The Labute approximate surface area is 122 Å². The van der Waals surface area contributed by atoms with Gasteiger partial charge in [-0.3, -0.25) is 10.6 Å². The van der Waals surface area contributed by atoms with E-state index in [-0.39, 0.29) is 17.7 Å². The molecule has 5 nitrogen and oxygen atoms in total. The molecule has 1 aliphatic heterocycles. The number of nitrogens with zero attached hydrogens (tertiary/aromatic N) is 1. The lowest BCUT2D eigenvalue weighted by Gasteiger charge is -2.38. The van der Waals surface area contributed by atoms with Crippen molar-refractivity contribution in [3.05, 3.63) is 29.3 Å². The van der Waals surface area contributed by atoms with Gasteiger partial charge in [-0.15, -0.1) is 0 Å². The third-order valence-electron chi connectivity index (χ3n) is 3.63. The van der Waals surface area contributed by atoms with Gasteiger partial charge in [0, 0.05) is 12.1 Å². The Morgan fingerprint density at radius 3 is 2.62 bits per heavy atom. The van der Waals surface area contributed by atoms with E-state index in [4.69, 9.17) is 10.6 Å². The molecule has 21 heavy (non-hydrogen) atoms. The number of carbonyl (C=O) groups is 1. The largest absolute Gasteiger partial charge is 0.375 e. The van der Waals surface area contributed by atoms with Crippen LogP contribution >= 0.6 is 0 Å². The van der Waals surface area contributed by atoms with E-state index < -0.39 is 23.2 Å². The molecular weight excluding hydrogens is 280 g/mol. The Morgan fingerprint density at radius 2 is 2.10 bits per heavy atom. The van der Waals surface area contributed by atoms with Gasteiger partial charge in [0.2, 0.25) is 0 Å². The third-order valence-corrected chi connectivity index (χ3v) is 3.63. The van der Waals surface area contributed by atoms with Crippen molar-refractivity contribution >= 4 is 11.6 Å². The number of morpholine rings is 1. The minimum atomic E-state index is -0.893. The van der Waals surface area contributed by atoms with Crippen LogP contribution < -0.4 is 11.3 Å². The number of anilines is 1. The number of nitrogen functional groups attached to an aromatic ring is 1. The van der Waals surface area contributed by atoms with Gasteiger partial charge in [-0.1, -0.05) is 6.92 Å². The van der Waals surface area contributed by atoms with Crippen LogP contribution in [0.25, 0.3) is 0 Å². The Balaban J connectivity index is 2.30. The molecule has 0 aliphatic carbocycles. The van der Waals surface area contributed by atoms with Crippen LogP contribution in [-0.2, 0) is 4.74 Å². The van der Waals surface area contributed by atoms with Gasteiger partial charge >= 0.3 is 0 Å². The molecule has 1 amide bonds. The molecule has 2 atom stereocenters. The van der Waals surface area contributed by atoms with Crippen LogP contribution in [0.3, 0.4) is 0 Å². The van der Waals surface area contributed by atoms with E-state index in [1.165, 1.54) is 0 Å². The number of rotatable bonds is 3. The van der Waals surface area contributed by atoms with Crippen molar-refractivity contribution in [2.45, 2.75) is 32.4 Å². The van der Waals surface area contributed by atoms with Crippen LogP contribution in [0.4, 0.5) is 14.5 Å². The summed E-state index contributed by atoms with van der Waals surface area (Å²) in [7, 11) is 0. The summed E-state index contributed by atoms with van der Waals surface area (Å²) in [4.78, 5) is 14.1. The Kier molecular flexibility index (Phi) is 4.74. The van der Waals surface area contributed by atoms with E-state index in [0.717, 1.165) is 12.1 Å². The molecule has 3 N–H and O–H groups in total. The van der Waals surface area contributed by atoms with Gasteiger partial charge in [-0.05, 0) is 25.5 Å². The highest BCUT2D eigenvalue weighted by molar-refractivity contribution is 5.95. The number of ether oxygens (including phenoxy) is 1. The molecule has 1 heterocycles. The molecule has 0 aromatic heterocycles. The molecule has 0 bridgehead atoms. The summed E-state index contributed by atoms with van der Waals surface area (Å²) in [6, 6.07) is 1.90. The van der Waals surface area contributed by atoms with Crippen molar-refractivity contribution in [2.24, 2.45) is 5.84 Å². The highest BCUT2D eigenvalue weighted by Crippen LogP contribution is 2.23. The molecule has 1 aliphatic rings. The number of carbonyl (C=O) groups excluding carboxylic acids is 1. The minimum absolute atomic E-state index is 0.0310. The number of hydrazine groups is 1. The van der Waals surface area contributed by atoms with E-state index >= 15 is 0 Å². The first-order valence-electron chi connectivity index (χ1n) is 6.86. The smallest absolute Gasteiger partial charge is 0.254 e. The molecule has 1 aromatic carbocycles. The zero-order chi connectivity index (χ0) is 15.6. The molecule has 1 saturated heterocycles. The van der Waals surface area contributed by atoms with Crippen molar-refractivity contribution in [3.63, 3.8) is 0 Å². The van der Waals surface area contributed by atoms with E-state index in [1.807, 2.05) is 19.3 Å². The Morgan fingerprint density at radius 1 is 1.48 bits per heavy atom. The molecule has 2 rings (SSSR count). The number of amides is 1. The Bertz CT molecular complexity index is 516. The second-order valence-corrected chi connectivity index (χ2v) is 5.12. The fourth-order valence-electron chi connectivity index (χ4n) is 2.43. The maximum atomic E-state index is 13.7. The maximum absolute atomic E-state index is 13.7. The summed E-state index contributed by atoms with van der Waals surface area (Å²) in [5.41, 5.74) is 1.46. The number of benzene rings is 1. The number of nitrogens with two attached hydrogens (primary N) is 1. The molecule has 0 saturated carbocycles. The van der Waals surface area contributed by atoms with Gasteiger partial charge < -0.3 is 15.1 Å². The summed E-state index contributed by atoms with van der Waals surface area (Å²) >= 11 is 0. The van der Waals surface area contributed by atoms with Crippen molar-refractivity contribution in [3.8, 4) is 0 Å².